The van der Waals surface area contributed by atoms with Crippen molar-refractivity contribution in [3.05, 3.63) is 11.2 Å². The molecule has 2 aromatic rings. The molecule has 0 N–H and O–H groups in total. The van der Waals surface area contributed by atoms with Crippen molar-refractivity contribution < 1.29 is 27.8 Å². The molecule has 1 saturated heterocycles. The van der Waals surface area contributed by atoms with Crippen LogP contribution < -0.4 is 9.47 Å². The summed E-state index contributed by atoms with van der Waals surface area (Å²) in [7, 11) is 1.73. The lowest BCUT2D eigenvalue weighted by Gasteiger charge is -2.29. The van der Waals surface area contributed by atoms with Crippen molar-refractivity contribution in [1.82, 2.24) is 14.5 Å². The minimum atomic E-state index is -2.62. The van der Waals surface area contributed by atoms with E-state index in [1.165, 1.54) is 6.20 Å². The first kappa shape index (κ1) is 23.7. The van der Waals surface area contributed by atoms with E-state index in [2.05, 4.69) is 16.9 Å². The summed E-state index contributed by atoms with van der Waals surface area (Å²) in [5.41, 5.74) is 0.992. The molecular formula is C21H28ClF2N3O4. The Kier molecular flexibility index (Phi) is 8.05. The van der Waals surface area contributed by atoms with Gasteiger partial charge in [0, 0.05) is 13.5 Å². The Labute approximate surface area is 185 Å². The summed E-state index contributed by atoms with van der Waals surface area (Å²) in [6.45, 7) is 3.38. The molecule has 172 valence electrons. The summed E-state index contributed by atoms with van der Waals surface area (Å²) in [4.78, 5) is 19.6. The van der Waals surface area contributed by atoms with Gasteiger partial charge in [0.2, 0.25) is 5.88 Å². The van der Waals surface area contributed by atoms with E-state index in [0.29, 0.717) is 36.0 Å². The predicted molar refractivity (Wildman–Crippen MR) is 112 cm³/mol. The molecule has 3 atom stereocenters. The van der Waals surface area contributed by atoms with Gasteiger partial charge < -0.3 is 19.0 Å². The maximum atomic E-state index is 12.4. The topological polar surface area (TPSA) is 75.5 Å². The zero-order chi connectivity index (χ0) is 22.5. The van der Waals surface area contributed by atoms with Crippen LogP contribution in [0.3, 0.4) is 0 Å². The van der Waals surface area contributed by atoms with Crippen molar-refractivity contribution in [2.24, 2.45) is 13.0 Å². The van der Waals surface area contributed by atoms with E-state index in [0.717, 1.165) is 25.7 Å². The standard InChI is InChI=1S/C21H28ClF2N3O4/c1-12(8-13(2)28)4-5-14-6-7-15(10-29-14)31-21-26-16-9-25-20(30-11-17(23)24)18(22)19(16)27(21)3/h9,12,14-15,17H,4-8,10-11H2,1-3H3/t12-,14-,15-/m0/s1. The van der Waals surface area contributed by atoms with Crippen molar-refractivity contribution in [2.45, 2.75) is 64.6 Å². The van der Waals surface area contributed by atoms with Gasteiger partial charge in [-0.3, -0.25) is 4.57 Å². The van der Waals surface area contributed by atoms with Crippen molar-refractivity contribution in [2.75, 3.05) is 13.2 Å². The Morgan fingerprint density at radius 1 is 1.42 bits per heavy atom. The molecule has 1 aliphatic heterocycles. The Hall–Kier alpha value is -2.00. The second-order valence-corrected chi connectivity index (χ2v) is 8.51. The third-order valence-corrected chi connectivity index (χ3v) is 5.69. The Morgan fingerprint density at radius 2 is 2.19 bits per heavy atom. The highest BCUT2D eigenvalue weighted by molar-refractivity contribution is 6.36. The van der Waals surface area contributed by atoms with E-state index in [1.54, 1.807) is 18.5 Å². The van der Waals surface area contributed by atoms with Gasteiger partial charge in [-0.25, -0.2) is 13.8 Å². The van der Waals surface area contributed by atoms with Gasteiger partial charge in [-0.05, 0) is 38.5 Å². The quantitative estimate of drug-likeness (QED) is 0.517. The van der Waals surface area contributed by atoms with Crippen LogP contribution in [0.25, 0.3) is 11.0 Å². The van der Waals surface area contributed by atoms with Gasteiger partial charge in [0.25, 0.3) is 12.4 Å². The maximum absolute atomic E-state index is 12.4. The van der Waals surface area contributed by atoms with Gasteiger partial charge in [0.05, 0.1) is 24.4 Å². The molecule has 0 bridgehead atoms. The number of aryl methyl sites for hydroxylation is 1. The molecule has 10 heteroatoms. The lowest BCUT2D eigenvalue weighted by Crippen LogP contribution is -2.34. The summed E-state index contributed by atoms with van der Waals surface area (Å²) in [5, 5.41) is 0.114. The first-order chi connectivity index (χ1) is 14.7. The third kappa shape index (κ3) is 6.26. The molecule has 0 unspecified atom stereocenters. The normalized spacial score (nSPS) is 20.2. The highest BCUT2D eigenvalue weighted by Crippen LogP contribution is 2.33. The third-order valence-electron chi connectivity index (χ3n) is 5.34. The van der Waals surface area contributed by atoms with Crippen LogP contribution in [-0.4, -0.2) is 52.2 Å². The van der Waals surface area contributed by atoms with E-state index < -0.39 is 13.0 Å². The van der Waals surface area contributed by atoms with Crippen molar-refractivity contribution >= 4 is 28.4 Å². The van der Waals surface area contributed by atoms with Crippen LogP contribution in [0, 0.1) is 5.92 Å². The van der Waals surface area contributed by atoms with E-state index >= 15 is 0 Å². The number of ether oxygens (including phenoxy) is 3. The zero-order valence-corrected chi connectivity index (χ0v) is 18.7. The number of hydrogen-bond donors (Lipinski definition) is 0. The fraction of sp³-hybridized carbons (Fsp3) is 0.667. The minimum Gasteiger partial charge on any atom is -0.470 e. The highest BCUT2D eigenvalue weighted by atomic mass is 35.5. The summed E-state index contributed by atoms with van der Waals surface area (Å²) >= 11 is 6.30. The monoisotopic (exact) mass is 459 g/mol. The lowest BCUT2D eigenvalue weighted by atomic mass is 9.95. The second kappa shape index (κ2) is 10.5. The van der Waals surface area contributed by atoms with Gasteiger partial charge in [0.15, 0.2) is 6.61 Å². The molecule has 31 heavy (non-hydrogen) atoms. The molecule has 3 heterocycles. The van der Waals surface area contributed by atoms with E-state index in [4.69, 9.17) is 25.8 Å². The molecule has 1 aliphatic rings. The van der Waals surface area contributed by atoms with Gasteiger partial charge in [-0.15, -0.1) is 0 Å². The summed E-state index contributed by atoms with van der Waals surface area (Å²) in [5.74, 6) is 0.519. The molecule has 7 nitrogen and oxygen atoms in total. The Bertz CT molecular complexity index is 900. The Morgan fingerprint density at radius 3 is 2.84 bits per heavy atom. The first-order valence-corrected chi connectivity index (χ1v) is 10.8. The molecule has 0 aliphatic carbocycles. The largest absolute Gasteiger partial charge is 0.470 e. The summed E-state index contributed by atoms with van der Waals surface area (Å²) in [6, 6.07) is 0.354. The van der Waals surface area contributed by atoms with Gasteiger partial charge >= 0.3 is 0 Å². The van der Waals surface area contributed by atoms with Crippen molar-refractivity contribution in [1.29, 1.82) is 0 Å². The summed E-state index contributed by atoms with van der Waals surface area (Å²) in [6.07, 6.45) is 3.01. The van der Waals surface area contributed by atoms with Crippen LogP contribution in [0.4, 0.5) is 8.78 Å². The average Bonchev–Trinajstić information content (AvgIpc) is 3.02. The minimum absolute atomic E-state index is 0.0631. The van der Waals surface area contributed by atoms with Crippen LogP contribution in [0.1, 0.15) is 46.0 Å². The van der Waals surface area contributed by atoms with Gasteiger partial charge in [-0.2, -0.15) is 4.98 Å². The molecule has 0 spiro atoms. The van der Waals surface area contributed by atoms with Crippen LogP contribution in [-0.2, 0) is 16.6 Å². The molecule has 2 aromatic heterocycles. The number of carbonyl (C=O) groups excluding carboxylic acids is 1. The van der Waals surface area contributed by atoms with Gasteiger partial charge in [-0.1, -0.05) is 18.5 Å². The smallest absolute Gasteiger partial charge is 0.297 e. The average molecular weight is 460 g/mol. The number of ketones is 1. The number of aromatic nitrogens is 3. The number of hydrogen-bond acceptors (Lipinski definition) is 6. The van der Waals surface area contributed by atoms with Crippen molar-refractivity contribution in [3.8, 4) is 11.9 Å². The fourth-order valence-corrected chi connectivity index (χ4v) is 4.12. The van der Waals surface area contributed by atoms with Crippen LogP contribution >= 0.6 is 11.6 Å². The number of nitrogens with zero attached hydrogens (tertiary/aromatic N) is 3. The molecule has 0 radical (unpaired) electrons. The number of Topliss-reactive ketones (excluding diaryl/α,β-unsaturated/α-hetero) is 1. The molecule has 3 rings (SSSR count). The maximum Gasteiger partial charge on any atom is 0.297 e. The molecule has 0 aromatic carbocycles. The fourth-order valence-electron chi connectivity index (χ4n) is 3.79. The second-order valence-electron chi connectivity index (χ2n) is 8.13. The summed E-state index contributed by atoms with van der Waals surface area (Å²) < 4.78 is 43.4. The molecular weight excluding hydrogens is 432 g/mol. The number of fused-ring (bicyclic) bond motifs is 1. The number of rotatable bonds is 10. The highest BCUT2D eigenvalue weighted by Gasteiger charge is 2.26. The first-order valence-electron chi connectivity index (χ1n) is 10.4. The van der Waals surface area contributed by atoms with E-state index in [9.17, 15) is 13.6 Å². The van der Waals surface area contributed by atoms with Crippen LogP contribution in [0.5, 0.6) is 11.9 Å². The number of alkyl halides is 2. The number of carbonyl (C=O) groups is 1. The van der Waals surface area contributed by atoms with E-state index in [1.807, 2.05) is 0 Å². The number of pyridine rings is 1. The van der Waals surface area contributed by atoms with Crippen molar-refractivity contribution in [3.63, 3.8) is 0 Å². The molecule has 0 amide bonds. The predicted octanol–water partition coefficient (Wildman–Crippen LogP) is 4.59. The number of halogens is 3. The van der Waals surface area contributed by atoms with Crippen LogP contribution in [0.15, 0.2) is 6.20 Å². The zero-order valence-electron chi connectivity index (χ0n) is 17.9. The molecule has 1 fully saturated rings. The van der Waals surface area contributed by atoms with Crippen LogP contribution in [0.2, 0.25) is 5.02 Å². The van der Waals surface area contributed by atoms with E-state index in [-0.39, 0.29) is 28.9 Å². The van der Waals surface area contributed by atoms with Gasteiger partial charge in [0.1, 0.15) is 22.4 Å². The molecule has 0 saturated carbocycles. The SMILES string of the molecule is CC(=O)C[C@@H](C)CC[C@H]1CC[C@H](Oc2nc3cnc(OCC(F)F)c(Cl)c3n2C)CO1. The Balaban J connectivity index is 1.57. The number of imidazole rings is 1. The lowest BCUT2D eigenvalue weighted by molar-refractivity contribution is -0.117.